The average Bonchev–Trinajstić information content (AvgIpc) is 3.55. The molecule has 0 spiro atoms. The SMILES string of the molecule is COCCNCc1ccc(-c2nnc3cc(-c4cccc(-c5cccc(NC(=O)c6ccc(CNCCO)cn6)c5C)c4C)ccn23)cc1. The molecule has 3 heterocycles. The maximum Gasteiger partial charge on any atom is 0.274 e. The predicted molar refractivity (Wildman–Crippen MR) is 193 cm³/mol. The van der Waals surface area contributed by atoms with Crippen molar-refractivity contribution in [2.45, 2.75) is 26.9 Å². The summed E-state index contributed by atoms with van der Waals surface area (Å²) in [6.45, 7) is 7.57. The molecule has 250 valence electrons. The second-order valence-corrected chi connectivity index (χ2v) is 11.9. The van der Waals surface area contributed by atoms with E-state index in [1.54, 1.807) is 19.4 Å². The molecule has 0 fully saturated rings. The van der Waals surface area contributed by atoms with E-state index < -0.39 is 0 Å². The zero-order chi connectivity index (χ0) is 34.2. The number of methoxy groups -OCH3 is 1. The van der Waals surface area contributed by atoms with Crippen molar-refractivity contribution in [1.82, 2.24) is 30.2 Å². The van der Waals surface area contributed by atoms with Gasteiger partial charge in [0.15, 0.2) is 11.5 Å². The highest BCUT2D eigenvalue weighted by Crippen LogP contribution is 2.36. The van der Waals surface area contributed by atoms with Gasteiger partial charge in [0, 0.05) is 56.9 Å². The third-order valence-electron chi connectivity index (χ3n) is 8.63. The van der Waals surface area contributed by atoms with E-state index in [-0.39, 0.29) is 12.5 Å². The summed E-state index contributed by atoms with van der Waals surface area (Å²) in [5.74, 6) is 0.522. The van der Waals surface area contributed by atoms with Crippen LogP contribution in [-0.2, 0) is 17.8 Å². The van der Waals surface area contributed by atoms with E-state index in [1.807, 2.05) is 35.7 Å². The summed E-state index contributed by atoms with van der Waals surface area (Å²) in [6.07, 6.45) is 3.71. The zero-order valence-electron chi connectivity index (χ0n) is 28.0. The van der Waals surface area contributed by atoms with Gasteiger partial charge in [-0.15, -0.1) is 10.2 Å². The van der Waals surface area contributed by atoms with Crippen molar-refractivity contribution in [3.8, 4) is 33.6 Å². The van der Waals surface area contributed by atoms with E-state index in [0.717, 1.165) is 74.8 Å². The molecular formula is C39H41N7O3. The highest BCUT2D eigenvalue weighted by Gasteiger charge is 2.16. The lowest BCUT2D eigenvalue weighted by molar-refractivity contribution is 0.102. The minimum absolute atomic E-state index is 0.0708. The fourth-order valence-electron chi connectivity index (χ4n) is 5.90. The largest absolute Gasteiger partial charge is 0.395 e. The van der Waals surface area contributed by atoms with E-state index >= 15 is 0 Å². The van der Waals surface area contributed by atoms with Crippen LogP contribution in [0.2, 0.25) is 0 Å². The average molecular weight is 656 g/mol. The quantitative estimate of drug-likeness (QED) is 0.108. The lowest BCUT2D eigenvalue weighted by Crippen LogP contribution is -2.18. The number of carbonyl (C=O) groups excluding carboxylic acids is 1. The number of aliphatic hydroxyl groups is 1. The van der Waals surface area contributed by atoms with Crippen LogP contribution < -0.4 is 16.0 Å². The minimum Gasteiger partial charge on any atom is -0.395 e. The Bertz CT molecular complexity index is 2040. The molecule has 0 bridgehead atoms. The van der Waals surface area contributed by atoms with Crippen molar-refractivity contribution < 1.29 is 14.6 Å². The van der Waals surface area contributed by atoms with E-state index in [4.69, 9.17) is 9.84 Å². The third kappa shape index (κ3) is 7.74. The van der Waals surface area contributed by atoms with Crippen LogP contribution in [0.4, 0.5) is 5.69 Å². The van der Waals surface area contributed by atoms with Crippen molar-refractivity contribution in [2.24, 2.45) is 0 Å². The smallest absolute Gasteiger partial charge is 0.274 e. The Morgan fingerprint density at radius 2 is 1.51 bits per heavy atom. The molecule has 10 heteroatoms. The van der Waals surface area contributed by atoms with Gasteiger partial charge in [-0.25, -0.2) is 0 Å². The molecule has 0 atom stereocenters. The van der Waals surface area contributed by atoms with Gasteiger partial charge in [-0.2, -0.15) is 0 Å². The molecule has 0 aliphatic rings. The molecular weight excluding hydrogens is 614 g/mol. The normalized spacial score (nSPS) is 11.3. The Morgan fingerprint density at radius 1 is 0.796 bits per heavy atom. The molecule has 4 N–H and O–H groups in total. The molecule has 0 radical (unpaired) electrons. The van der Waals surface area contributed by atoms with E-state index in [9.17, 15) is 4.79 Å². The first-order valence-corrected chi connectivity index (χ1v) is 16.4. The standard InChI is InChI=1S/C39H41N7O3/c1-26-32(31-16-19-46-37(22-31)44-45-38(46)30-13-10-28(11-14-30)23-41-18-21-49-3)6-4-7-33(26)34-8-5-9-35(27(34)2)43-39(48)36-15-12-29(25-42-36)24-40-17-20-47/h4-16,19,22,25,40-41,47H,17-18,20-21,23-24H2,1-3H3,(H,43,48). The molecule has 3 aromatic carbocycles. The van der Waals surface area contributed by atoms with Gasteiger partial charge >= 0.3 is 0 Å². The number of benzene rings is 3. The summed E-state index contributed by atoms with van der Waals surface area (Å²) in [6, 6.07) is 28.4. The number of amides is 1. The van der Waals surface area contributed by atoms with Gasteiger partial charge in [-0.05, 0) is 82.6 Å². The lowest BCUT2D eigenvalue weighted by Gasteiger charge is -2.17. The number of rotatable bonds is 14. The topological polar surface area (TPSA) is 126 Å². The van der Waals surface area contributed by atoms with Crippen LogP contribution in [0.3, 0.4) is 0 Å². The van der Waals surface area contributed by atoms with Gasteiger partial charge in [-0.3, -0.25) is 14.2 Å². The number of ether oxygens (including phenoxy) is 1. The molecule has 0 saturated carbocycles. The molecule has 0 aliphatic heterocycles. The summed E-state index contributed by atoms with van der Waals surface area (Å²) < 4.78 is 7.12. The van der Waals surface area contributed by atoms with Gasteiger partial charge in [-0.1, -0.05) is 60.7 Å². The Kier molecular flexibility index (Phi) is 10.8. The van der Waals surface area contributed by atoms with Gasteiger partial charge in [0.05, 0.1) is 13.2 Å². The number of hydrogen-bond donors (Lipinski definition) is 4. The van der Waals surface area contributed by atoms with Crippen LogP contribution in [0.5, 0.6) is 0 Å². The number of carbonyl (C=O) groups is 1. The zero-order valence-corrected chi connectivity index (χ0v) is 28.0. The van der Waals surface area contributed by atoms with E-state index in [2.05, 4.69) is 98.7 Å². The number of pyridine rings is 2. The summed E-state index contributed by atoms with van der Waals surface area (Å²) in [7, 11) is 1.70. The molecule has 10 nitrogen and oxygen atoms in total. The number of nitrogens with zero attached hydrogens (tertiary/aromatic N) is 4. The van der Waals surface area contributed by atoms with Crippen LogP contribution in [0, 0.1) is 13.8 Å². The van der Waals surface area contributed by atoms with Crippen molar-refractivity contribution >= 4 is 17.2 Å². The first kappa shape index (κ1) is 33.6. The van der Waals surface area contributed by atoms with Crippen LogP contribution >= 0.6 is 0 Å². The number of aliphatic hydroxyl groups excluding tert-OH is 1. The maximum absolute atomic E-state index is 13.1. The van der Waals surface area contributed by atoms with Crippen molar-refractivity contribution in [3.05, 3.63) is 125 Å². The molecule has 3 aromatic heterocycles. The summed E-state index contributed by atoms with van der Waals surface area (Å²) >= 11 is 0. The molecule has 6 aromatic rings. The number of aromatic nitrogens is 4. The van der Waals surface area contributed by atoms with Crippen LogP contribution in [0.25, 0.3) is 39.3 Å². The van der Waals surface area contributed by atoms with Crippen LogP contribution in [0.1, 0.15) is 32.7 Å². The summed E-state index contributed by atoms with van der Waals surface area (Å²) in [5, 5.41) is 27.5. The first-order valence-electron chi connectivity index (χ1n) is 16.4. The predicted octanol–water partition coefficient (Wildman–Crippen LogP) is 5.81. The third-order valence-corrected chi connectivity index (χ3v) is 8.63. The fourth-order valence-corrected chi connectivity index (χ4v) is 5.90. The first-order chi connectivity index (χ1) is 24.0. The number of anilines is 1. The Balaban J connectivity index is 1.20. The monoisotopic (exact) mass is 655 g/mol. The number of fused-ring (bicyclic) bond motifs is 1. The van der Waals surface area contributed by atoms with Gasteiger partial charge in [0.25, 0.3) is 5.91 Å². The highest BCUT2D eigenvalue weighted by molar-refractivity contribution is 6.03. The second kappa shape index (κ2) is 15.8. The van der Waals surface area contributed by atoms with Crippen molar-refractivity contribution in [3.63, 3.8) is 0 Å². The minimum atomic E-state index is -0.271. The Hall–Kier alpha value is -5.26. The summed E-state index contributed by atoms with van der Waals surface area (Å²) in [4.78, 5) is 17.5. The van der Waals surface area contributed by atoms with E-state index in [0.29, 0.717) is 25.4 Å². The number of nitrogens with one attached hydrogen (secondary N) is 3. The van der Waals surface area contributed by atoms with Gasteiger partial charge in [0.1, 0.15) is 5.69 Å². The van der Waals surface area contributed by atoms with Gasteiger partial charge < -0.3 is 25.8 Å². The molecule has 6 rings (SSSR count). The fraction of sp³-hybridized carbons (Fsp3) is 0.231. The van der Waals surface area contributed by atoms with Crippen molar-refractivity contribution in [1.29, 1.82) is 0 Å². The molecule has 1 amide bonds. The molecule has 0 unspecified atom stereocenters. The Labute approximate surface area is 286 Å². The second-order valence-electron chi connectivity index (χ2n) is 11.9. The van der Waals surface area contributed by atoms with Crippen LogP contribution in [0.15, 0.2) is 97.3 Å². The summed E-state index contributed by atoms with van der Waals surface area (Å²) in [5.41, 5.74) is 11.3. The van der Waals surface area contributed by atoms with Crippen molar-refractivity contribution in [2.75, 3.05) is 38.7 Å². The highest BCUT2D eigenvalue weighted by atomic mass is 16.5. The van der Waals surface area contributed by atoms with Crippen LogP contribution in [-0.4, -0.2) is 64.0 Å². The van der Waals surface area contributed by atoms with Gasteiger partial charge in [0.2, 0.25) is 0 Å². The number of hydrogen-bond acceptors (Lipinski definition) is 8. The maximum atomic E-state index is 13.1. The Morgan fingerprint density at radius 3 is 2.27 bits per heavy atom. The lowest BCUT2D eigenvalue weighted by atomic mass is 9.90. The molecule has 0 aliphatic carbocycles. The molecule has 49 heavy (non-hydrogen) atoms. The van der Waals surface area contributed by atoms with E-state index in [1.165, 1.54) is 5.56 Å². The molecule has 0 saturated heterocycles.